The van der Waals surface area contributed by atoms with Crippen molar-refractivity contribution in [3.63, 3.8) is 0 Å². The van der Waals surface area contributed by atoms with E-state index in [-0.39, 0.29) is 140 Å². The number of aromatic amines is 5. The van der Waals surface area contributed by atoms with E-state index < -0.39 is 156 Å². The number of carbonyl (C=O) groups is 13. The van der Waals surface area contributed by atoms with Crippen LogP contribution in [0.3, 0.4) is 0 Å². The van der Waals surface area contributed by atoms with E-state index in [1.54, 1.807) is 31.0 Å². The number of hydrogen-bond donors (Lipinski definition) is 20. The molecular formula is C96H123N25O13. The Hall–Kier alpha value is -14.6. The summed E-state index contributed by atoms with van der Waals surface area (Å²) in [5.74, 6) is -9.79. The molecule has 13 amide bonds. The number of nitrogens with zero attached hydrogens (tertiary/aromatic N) is 5. The van der Waals surface area contributed by atoms with Crippen LogP contribution in [0.2, 0.25) is 0 Å². The van der Waals surface area contributed by atoms with Crippen molar-refractivity contribution in [3.05, 3.63) is 180 Å². The molecule has 0 saturated carbocycles. The first-order valence-corrected chi connectivity index (χ1v) is 46.0. The van der Waals surface area contributed by atoms with E-state index in [4.69, 9.17) is 34.4 Å². The van der Waals surface area contributed by atoms with Gasteiger partial charge in [-0.3, -0.25) is 72.3 Å². The summed E-state index contributed by atoms with van der Waals surface area (Å²) in [4.78, 5) is 222. The van der Waals surface area contributed by atoms with Crippen molar-refractivity contribution in [1.29, 1.82) is 0 Å². The molecule has 3 aliphatic rings. The van der Waals surface area contributed by atoms with E-state index in [1.807, 2.05) is 149 Å². The number of fused-ring (bicyclic) bond motifs is 5. The summed E-state index contributed by atoms with van der Waals surface area (Å²) in [6.07, 6.45) is 10.9. The number of primary amides is 1. The summed E-state index contributed by atoms with van der Waals surface area (Å²) in [6, 6.07) is 21.9. The molecule has 26 N–H and O–H groups in total. The van der Waals surface area contributed by atoms with Crippen molar-refractivity contribution in [2.45, 2.75) is 209 Å². The maximum atomic E-state index is 16.0. The molecule has 5 aromatic heterocycles. The molecule has 0 bridgehead atoms. The smallest absolute Gasteiger partial charge is 0.246 e. The molecule has 0 aliphatic carbocycles. The van der Waals surface area contributed by atoms with Crippen molar-refractivity contribution in [3.8, 4) is 0 Å². The van der Waals surface area contributed by atoms with Crippen molar-refractivity contribution in [2.24, 2.45) is 56.2 Å². The highest BCUT2D eigenvalue weighted by molar-refractivity contribution is 6.02. The molecule has 38 nitrogen and oxygen atoms in total. The van der Waals surface area contributed by atoms with Crippen molar-refractivity contribution in [2.75, 3.05) is 39.3 Å². The van der Waals surface area contributed by atoms with Crippen LogP contribution in [0.15, 0.2) is 162 Å². The van der Waals surface area contributed by atoms with Crippen molar-refractivity contribution in [1.82, 2.24) is 87.5 Å². The van der Waals surface area contributed by atoms with Crippen LogP contribution in [0.4, 0.5) is 0 Å². The average molecular weight is 1840 g/mol. The van der Waals surface area contributed by atoms with Gasteiger partial charge in [0.25, 0.3) is 0 Å². The summed E-state index contributed by atoms with van der Waals surface area (Å²) >= 11 is 0. The molecule has 134 heavy (non-hydrogen) atoms. The zero-order valence-corrected chi connectivity index (χ0v) is 75.8. The summed E-state index contributed by atoms with van der Waals surface area (Å²) in [5.41, 5.74) is 41.3. The third-order valence-electron chi connectivity index (χ3n) is 25.6. The van der Waals surface area contributed by atoms with Gasteiger partial charge >= 0.3 is 0 Å². The lowest BCUT2D eigenvalue weighted by atomic mass is 9.97. The topological polar surface area (TPSA) is 600 Å². The van der Waals surface area contributed by atoms with Gasteiger partial charge in [0.1, 0.15) is 66.5 Å². The van der Waals surface area contributed by atoms with Gasteiger partial charge < -0.3 is 122 Å². The normalized spacial score (nSPS) is 17.2. The molecule has 0 radical (unpaired) electrons. The first-order chi connectivity index (χ1) is 64.5. The Bertz CT molecular complexity index is 5980. The number of guanidine groups is 2. The Labute approximate surface area is 774 Å². The maximum absolute atomic E-state index is 16.0. The number of hydrogen-bond acceptors (Lipinski definition) is 16. The Morgan fingerprint density at radius 3 is 1.04 bits per heavy atom. The van der Waals surface area contributed by atoms with E-state index in [0.717, 1.165) is 54.5 Å². The van der Waals surface area contributed by atoms with Gasteiger partial charge in [-0.15, -0.1) is 0 Å². The minimum atomic E-state index is -1.47. The molecule has 13 rings (SSSR count). The minimum Gasteiger partial charge on any atom is -0.370 e. The second kappa shape index (κ2) is 45.0. The van der Waals surface area contributed by atoms with Crippen molar-refractivity contribution < 1.29 is 62.3 Å². The van der Waals surface area contributed by atoms with E-state index in [1.165, 1.54) is 14.7 Å². The number of para-hydroxylation sites is 5. The van der Waals surface area contributed by atoms with E-state index >= 15 is 28.8 Å². The minimum absolute atomic E-state index is 0.0244. The molecule has 0 spiro atoms. The predicted molar refractivity (Wildman–Crippen MR) is 509 cm³/mol. The molecule has 0 unspecified atom stereocenters. The van der Waals surface area contributed by atoms with Crippen LogP contribution in [0.25, 0.3) is 54.5 Å². The number of aromatic nitrogens is 5. The molecular weight excluding hydrogens is 1710 g/mol. The van der Waals surface area contributed by atoms with Gasteiger partial charge in [-0.1, -0.05) is 125 Å². The number of aliphatic imine (C=N–C) groups is 2. The second-order valence-corrected chi connectivity index (χ2v) is 35.5. The number of nitrogens with two attached hydrogens (primary N) is 6. The van der Waals surface area contributed by atoms with Crippen LogP contribution in [0, 0.1) is 11.8 Å². The van der Waals surface area contributed by atoms with Crippen LogP contribution < -0.4 is 82.3 Å². The number of benzene rings is 5. The largest absolute Gasteiger partial charge is 0.370 e. The summed E-state index contributed by atoms with van der Waals surface area (Å²) in [7, 11) is 0. The number of carbonyl (C=O) groups excluding carboxylic acids is 13. The third-order valence-corrected chi connectivity index (χ3v) is 25.6. The molecule has 10 aromatic rings. The number of H-pyrrole nitrogens is 5. The van der Waals surface area contributed by atoms with Gasteiger partial charge in [-0.25, -0.2) is 0 Å². The second-order valence-electron chi connectivity index (χ2n) is 35.5. The fraction of sp³-hybridized carbons (Fsp3) is 0.427. The molecule has 8 heterocycles. The maximum Gasteiger partial charge on any atom is 0.246 e. The van der Waals surface area contributed by atoms with Crippen LogP contribution >= 0.6 is 0 Å². The van der Waals surface area contributed by atoms with E-state index in [9.17, 15) is 33.6 Å². The molecule has 710 valence electrons. The summed E-state index contributed by atoms with van der Waals surface area (Å²) < 4.78 is 0. The quantitative estimate of drug-likeness (QED) is 0.0148. The lowest BCUT2D eigenvalue weighted by molar-refractivity contribution is -0.143. The Balaban J connectivity index is 0.749. The van der Waals surface area contributed by atoms with Crippen LogP contribution in [0.5, 0.6) is 0 Å². The monoisotopic (exact) mass is 1830 g/mol. The average Bonchev–Trinajstić information content (AvgIpc) is 1.63. The molecule has 38 heteroatoms. The SMILES string of the molecule is CC[C@H](C)[C@H](N)C(=O)N[C@@H](CC(C)C)C(=O)N1CCC[C@H]1C(=O)N[C@@H](Cc1c[nH]c2ccccc12)C(=O)NCC(=O)N[C@@H](Cc1c[nH]c2ccccc12)C(=O)N1CCC[C@H]1C(=O)N[C@@H](Cc1c[nH]c2ccccc12)C(=O)N[C@@H](Cc1c[nH]c2ccccc12)C(=O)N1CCC[C@H]1C(=O)N[C@@H](Cc1c[nH]c2ccccc12)C(=O)N[C@@H](CCCN=C(N)N)C(=O)N[C@@H](CCCN=C(N)N)C(N)=O. The van der Waals surface area contributed by atoms with Crippen LogP contribution in [0.1, 0.15) is 133 Å². The van der Waals surface area contributed by atoms with Gasteiger partial charge in [-0.05, 0) is 141 Å². The Morgan fingerprint density at radius 2 is 0.687 bits per heavy atom. The van der Waals surface area contributed by atoms with E-state index in [0.29, 0.717) is 53.5 Å². The molecule has 13 atom stereocenters. The number of nitrogens with one attached hydrogen (secondary N) is 14. The highest BCUT2D eigenvalue weighted by Crippen LogP contribution is 2.30. The van der Waals surface area contributed by atoms with Gasteiger partial charge in [0.15, 0.2) is 11.9 Å². The summed E-state index contributed by atoms with van der Waals surface area (Å²) in [6.45, 7) is 7.36. The molecule has 5 aromatic carbocycles. The fourth-order valence-electron chi connectivity index (χ4n) is 18.3. The first kappa shape index (κ1) is 97.0. The predicted octanol–water partition coefficient (Wildman–Crippen LogP) is 2.59. The lowest BCUT2D eigenvalue weighted by Gasteiger charge is -2.32. The molecule has 3 saturated heterocycles. The van der Waals surface area contributed by atoms with Gasteiger partial charge in [-0.2, -0.15) is 0 Å². The molecule has 3 aliphatic heterocycles. The third kappa shape index (κ3) is 24.2. The van der Waals surface area contributed by atoms with Crippen molar-refractivity contribution >= 4 is 143 Å². The standard InChI is InChI=1S/C96H123N25O13/c1-5-54(4)82(97)91(131)118-75(41-53(2)3)92(132)119-38-18-33-78(119)88(128)114-72(42-55-47-105-65-26-11-6-21-60(55)65)84(124)110-52-81(122)111-76(45-58-50-108-68-29-14-9-24-63(58)68)93(133)120-39-19-34-79(120)89(129)116-74(44-57-49-107-67-28-13-8-23-62(57)67)87(127)117-77(46-59-51-109-69-30-15-10-25-64(59)69)94(134)121-40-20-35-80(121)90(130)115-73(43-56-48-106-66-27-12-7-22-61(56)66)86(126)113-71(32-17-37-104-96(101)102)85(125)112-70(83(98)123)31-16-36-103-95(99)100/h6-15,21-30,47-51,53-54,70-80,82,105-109H,5,16-20,31-46,52,97H2,1-4H3,(H2,98,123)(H,110,124)(H,111,122)(H,112,125)(H,113,126)(H,114,128)(H,115,130)(H,116,129)(H,117,127)(H,118,131)(H4,99,100,103)(H4,101,102,104)/t54-,70-,71-,72-,73-,74-,75-,76-,77-,78-,79-,80-,82-/m0/s1. The van der Waals surface area contributed by atoms with Gasteiger partial charge in [0.05, 0.1) is 12.6 Å². The first-order valence-electron chi connectivity index (χ1n) is 46.0. The number of likely N-dealkylation sites (tertiary alicyclic amines) is 3. The van der Waals surface area contributed by atoms with E-state index in [2.05, 4.69) is 82.8 Å². The van der Waals surface area contributed by atoms with Crippen LogP contribution in [-0.4, -0.2) is 240 Å². The highest BCUT2D eigenvalue weighted by Gasteiger charge is 2.45. The van der Waals surface area contributed by atoms with Gasteiger partial charge in [0.2, 0.25) is 76.8 Å². The molecule has 3 fully saturated rings. The zero-order valence-electron chi connectivity index (χ0n) is 75.8. The lowest BCUT2D eigenvalue weighted by Crippen LogP contribution is -2.61. The summed E-state index contributed by atoms with van der Waals surface area (Å²) in [5, 5.41) is 29.5. The zero-order chi connectivity index (χ0) is 95.4. The Morgan fingerprint density at radius 1 is 0.381 bits per heavy atom. The number of amides is 13. The van der Waals surface area contributed by atoms with Gasteiger partial charge in [0, 0.05) is 150 Å². The Kier molecular flexibility index (Phi) is 32.6. The number of rotatable bonds is 44. The fourth-order valence-corrected chi connectivity index (χ4v) is 18.3. The van der Waals surface area contributed by atoms with Crippen LogP contribution in [-0.2, 0) is 94.4 Å². The highest BCUT2D eigenvalue weighted by atomic mass is 16.2.